The molecule has 1 heterocycles. The number of aryl methyl sites for hydroxylation is 1. The van der Waals surface area contributed by atoms with E-state index in [0.29, 0.717) is 0 Å². The minimum Gasteiger partial charge on any atom is -0.485 e. The highest BCUT2D eigenvalue weighted by Crippen LogP contribution is 2.16. The Hall–Kier alpha value is -2.88. The molecule has 3 rings (SSSR count). The van der Waals surface area contributed by atoms with Crippen LogP contribution in [0.2, 0.25) is 0 Å². The Morgan fingerprint density at radius 2 is 2.09 bits per heavy atom. The molecule has 0 unspecified atom stereocenters. The number of carbonyl (C=O) groups excluding carboxylic acids is 1. The Balaban J connectivity index is 1.53. The third kappa shape index (κ3) is 3.86. The summed E-state index contributed by atoms with van der Waals surface area (Å²) in [6.07, 6.45) is 3.62. The molecule has 2 aromatic carbocycles. The number of nitrogens with zero attached hydrogens (tertiary/aromatic N) is 1. The van der Waals surface area contributed by atoms with Crippen LogP contribution in [0.3, 0.4) is 0 Å². The van der Waals surface area contributed by atoms with Crippen molar-refractivity contribution in [1.82, 2.24) is 4.98 Å². The Morgan fingerprint density at radius 3 is 2.96 bits per heavy atom. The average molecular weight is 306 g/mol. The summed E-state index contributed by atoms with van der Waals surface area (Å²) in [6, 6.07) is 15.7. The van der Waals surface area contributed by atoms with Crippen molar-refractivity contribution in [3.05, 3.63) is 65.9 Å². The number of carbonyl (C=O) groups is 1. The van der Waals surface area contributed by atoms with Crippen LogP contribution in [0.5, 0.6) is 5.75 Å². The van der Waals surface area contributed by atoms with E-state index < -0.39 is 0 Å². The van der Waals surface area contributed by atoms with Gasteiger partial charge in [-0.2, -0.15) is 0 Å². The molecule has 0 saturated heterocycles. The van der Waals surface area contributed by atoms with Gasteiger partial charge in [0.15, 0.2) is 5.78 Å². The monoisotopic (exact) mass is 306 g/mol. The molecule has 116 valence electrons. The van der Waals surface area contributed by atoms with Gasteiger partial charge in [-0.15, -0.1) is 0 Å². The molecule has 0 atom stereocenters. The Morgan fingerprint density at radius 1 is 1.22 bits per heavy atom. The lowest BCUT2D eigenvalue weighted by atomic mass is 10.2. The van der Waals surface area contributed by atoms with Crippen LogP contribution in [0.25, 0.3) is 10.9 Å². The molecular weight excluding hydrogens is 288 g/mol. The number of ether oxygens (including phenoxy) is 1. The summed E-state index contributed by atoms with van der Waals surface area (Å²) in [5.74, 6) is 0.690. The molecule has 0 saturated carbocycles. The van der Waals surface area contributed by atoms with Crippen molar-refractivity contribution in [2.24, 2.45) is 4.99 Å². The lowest BCUT2D eigenvalue weighted by molar-refractivity contribution is -0.119. The van der Waals surface area contributed by atoms with Crippen molar-refractivity contribution in [3.8, 4) is 5.75 Å². The van der Waals surface area contributed by atoms with E-state index >= 15 is 0 Å². The van der Waals surface area contributed by atoms with Crippen LogP contribution in [0.1, 0.15) is 11.1 Å². The van der Waals surface area contributed by atoms with E-state index in [4.69, 9.17) is 4.74 Å². The first-order valence-corrected chi connectivity index (χ1v) is 7.49. The molecule has 23 heavy (non-hydrogen) atoms. The molecule has 1 aromatic heterocycles. The van der Waals surface area contributed by atoms with Gasteiger partial charge >= 0.3 is 0 Å². The highest BCUT2D eigenvalue weighted by molar-refractivity contribution is 5.90. The number of hydrogen-bond acceptors (Lipinski definition) is 3. The Kier molecular flexibility index (Phi) is 4.52. The van der Waals surface area contributed by atoms with E-state index in [9.17, 15) is 4.79 Å². The predicted octanol–water partition coefficient (Wildman–Crippen LogP) is 3.54. The molecule has 0 aliphatic carbocycles. The maximum atomic E-state index is 11.8. The van der Waals surface area contributed by atoms with E-state index in [0.717, 1.165) is 27.8 Å². The van der Waals surface area contributed by atoms with Gasteiger partial charge in [-0.25, -0.2) is 0 Å². The SMILES string of the molecule is Cc1ccccc1OCC(=O)CN=Cc1ccc2[nH]ccc2c1. The topological polar surface area (TPSA) is 54.4 Å². The molecule has 0 amide bonds. The quantitative estimate of drug-likeness (QED) is 0.708. The summed E-state index contributed by atoms with van der Waals surface area (Å²) in [4.78, 5) is 19.2. The second kappa shape index (κ2) is 6.92. The van der Waals surface area contributed by atoms with Gasteiger partial charge in [0.1, 0.15) is 18.9 Å². The fraction of sp³-hybridized carbons (Fsp3) is 0.158. The van der Waals surface area contributed by atoms with E-state index in [1.165, 1.54) is 0 Å². The molecule has 1 N–H and O–H groups in total. The van der Waals surface area contributed by atoms with E-state index in [1.54, 1.807) is 6.21 Å². The normalized spacial score (nSPS) is 11.2. The zero-order chi connectivity index (χ0) is 16.1. The van der Waals surface area contributed by atoms with Crippen molar-refractivity contribution in [2.75, 3.05) is 13.2 Å². The maximum absolute atomic E-state index is 11.8. The Bertz CT molecular complexity index is 849. The van der Waals surface area contributed by atoms with Crippen molar-refractivity contribution in [2.45, 2.75) is 6.92 Å². The smallest absolute Gasteiger partial charge is 0.191 e. The van der Waals surface area contributed by atoms with Crippen LogP contribution in [0.15, 0.2) is 59.7 Å². The van der Waals surface area contributed by atoms with Crippen LogP contribution in [-0.2, 0) is 4.79 Å². The van der Waals surface area contributed by atoms with Gasteiger partial charge in [0, 0.05) is 17.9 Å². The number of aromatic nitrogens is 1. The molecule has 0 aliphatic rings. The van der Waals surface area contributed by atoms with Gasteiger partial charge in [0.25, 0.3) is 0 Å². The van der Waals surface area contributed by atoms with E-state index in [-0.39, 0.29) is 18.9 Å². The number of aliphatic imine (C=N–C) groups is 1. The third-order valence-electron chi connectivity index (χ3n) is 3.57. The molecule has 3 aromatic rings. The van der Waals surface area contributed by atoms with Gasteiger partial charge in [-0.05, 0) is 47.7 Å². The van der Waals surface area contributed by atoms with Crippen molar-refractivity contribution in [1.29, 1.82) is 0 Å². The summed E-state index contributed by atoms with van der Waals surface area (Å²) in [6.45, 7) is 2.12. The van der Waals surface area contributed by atoms with Crippen molar-refractivity contribution >= 4 is 22.9 Å². The first kappa shape index (κ1) is 15.0. The van der Waals surface area contributed by atoms with Crippen molar-refractivity contribution < 1.29 is 9.53 Å². The standard InChI is InChI=1S/C19H18N2O2/c1-14-4-2-3-5-19(14)23-13-17(22)12-20-11-15-6-7-18-16(10-15)8-9-21-18/h2-11,21H,12-13H2,1H3. The van der Waals surface area contributed by atoms with Gasteiger partial charge in [-0.3, -0.25) is 9.79 Å². The predicted molar refractivity (Wildman–Crippen MR) is 92.4 cm³/mol. The fourth-order valence-electron chi connectivity index (χ4n) is 2.33. The number of aromatic amines is 1. The molecule has 0 bridgehead atoms. The summed E-state index contributed by atoms with van der Waals surface area (Å²) in [7, 11) is 0. The minimum absolute atomic E-state index is 0.0407. The van der Waals surface area contributed by atoms with Crippen molar-refractivity contribution in [3.63, 3.8) is 0 Å². The highest BCUT2D eigenvalue weighted by Gasteiger charge is 2.03. The van der Waals surface area contributed by atoms with Crippen LogP contribution in [0, 0.1) is 6.92 Å². The van der Waals surface area contributed by atoms with Gasteiger partial charge in [-0.1, -0.05) is 24.3 Å². The lowest BCUT2D eigenvalue weighted by Gasteiger charge is -2.06. The molecule has 0 spiro atoms. The van der Waals surface area contributed by atoms with Gasteiger partial charge in [0.05, 0.1) is 0 Å². The van der Waals surface area contributed by atoms with E-state index in [2.05, 4.69) is 9.98 Å². The van der Waals surface area contributed by atoms with Crippen LogP contribution >= 0.6 is 0 Å². The number of rotatable bonds is 6. The van der Waals surface area contributed by atoms with Crippen LogP contribution < -0.4 is 4.74 Å². The number of nitrogens with one attached hydrogen (secondary N) is 1. The molecule has 4 heteroatoms. The molecule has 0 radical (unpaired) electrons. The second-order valence-electron chi connectivity index (χ2n) is 5.39. The Labute approximate surface area is 134 Å². The van der Waals surface area contributed by atoms with Crippen LogP contribution in [-0.4, -0.2) is 30.1 Å². The number of para-hydroxylation sites is 1. The zero-order valence-corrected chi connectivity index (χ0v) is 13.0. The van der Waals surface area contributed by atoms with Gasteiger partial charge in [0.2, 0.25) is 0 Å². The molecule has 0 aliphatic heterocycles. The molecule has 4 nitrogen and oxygen atoms in total. The number of Topliss-reactive ketones (excluding diaryl/α,β-unsaturated/α-hetero) is 1. The summed E-state index contributed by atoms with van der Waals surface area (Å²) in [5.41, 5.74) is 3.08. The number of fused-ring (bicyclic) bond motifs is 1. The number of benzene rings is 2. The fourth-order valence-corrected chi connectivity index (χ4v) is 2.33. The summed E-state index contributed by atoms with van der Waals surface area (Å²) < 4.78 is 5.52. The summed E-state index contributed by atoms with van der Waals surface area (Å²) >= 11 is 0. The number of ketones is 1. The highest BCUT2D eigenvalue weighted by atomic mass is 16.5. The number of H-pyrrole nitrogens is 1. The largest absolute Gasteiger partial charge is 0.485 e. The van der Waals surface area contributed by atoms with E-state index in [1.807, 2.05) is 61.7 Å². The first-order chi connectivity index (χ1) is 11.2. The molecular formula is C19H18N2O2. The maximum Gasteiger partial charge on any atom is 0.191 e. The van der Waals surface area contributed by atoms with Crippen LogP contribution in [0.4, 0.5) is 0 Å². The minimum atomic E-state index is -0.0489. The zero-order valence-electron chi connectivity index (χ0n) is 13.0. The second-order valence-corrected chi connectivity index (χ2v) is 5.39. The first-order valence-electron chi connectivity index (χ1n) is 7.49. The molecule has 0 fully saturated rings. The van der Waals surface area contributed by atoms with Gasteiger partial charge < -0.3 is 9.72 Å². The average Bonchev–Trinajstić information content (AvgIpc) is 3.02. The third-order valence-corrected chi connectivity index (χ3v) is 3.57. The number of hydrogen-bond donors (Lipinski definition) is 1. The lowest BCUT2D eigenvalue weighted by Crippen LogP contribution is -2.14. The summed E-state index contributed by atoms with van der Waals surface area (Å²) in [5, 5.41) is 1.13.